The van der Waals surface area contributed by atoms with Crippen molar-refractivity contribution in [3.05, 3.63) is 23.8 Å². The summed E-state index contributed by atoms with van der Waals surface area (Å²) in [6, 6.07) is 6.69. The van der Waals surface area contributed by atoms with Crippen LogP contribution < -0.4 is 14.8 Å². The number of rotatable bonds is 7. The maximum atomic E-state index is 5.32. The molecule has 0 heterocycles. The largest absolute Gasteiger partial charge is 0.493 e. The predicted molar refractivity (Wildman–Crippen MR) is 75.6 cm³/mol. The fourth-order valence-electron chi connectivity index (χ4n) is 2.17. The Balaban J connectivity index is 2.67. The van der Waals surface area contributed by atoms with Gasteiger partial charge in [0.25, 0.3) is 0 Å². The van der Waals surface area contributed by atoms with Crippen LogP contribution in [0.3, 0.4) is 0 Å². The van der Waals surface area contributed by atoms with Crippen molar-refractivity contribution in [1.29, 1.82) is 0 Å². The zero-order chi connectivity index (χ0) is 13.5. The summed E-state index contributed by atoms with van der Waals surface area (Å²) in [5.74, 6) is 2.24. The van der Waals surface area contributed by atoms with Crippen molar-refractivity contribution in [2.45, 2.75) is 32.7 Å². The van der Waals surface area contributed by atoms with Gasteiger partial charge < -0.3 is 14.8 Å². The van der Waals surface area contributed by atoms with E-state index < -0.39 is 0 Å². The molecule has 0 radical (unpaired) electrons. The number of benzene rings is 1. The second-order valence-corrected chi connectivity index (χ2v) is 4.87. The van der Waals surface area contributed by atoms with Crippen LogP contribution in [-0.4, -0.2) is 27.3 Å². The first-order valence-corrected chi connectivity index (χ1v) is 6.50. The molecule has 1 aromatic carbocycles. The third kappa shape index (κ3) is 3.91. The maximum absolute atomic E-state index is 5.32. The van der Waals surface area contributed by atoms with Gasteiger partial charge in [0, 0.05) is 6.04 Å². The minimum absolute atomic E-state index is 0.554. The highest BCUT2D eigenvalue weighted by Crippen LogP contribution is 2.28. The maximum Gasteiger partial charge on any atom is 0.160 e. The third-order valence-electron chi connectivity index (χ3n) is 3.37. The highest BCUT2D eigenvalue weighted by molar-refractivity contribution is 5.42. The Bertz CT molecular complexity index is 364. The number of hydrogen-bond donors (Lipinski definition) is 1. The van der Waals surface area contributed by atoms with Gasteiger partial charge in [0.15, 0.2) is 11.5 Å². The van der Waals surface area contributed by atoms with E-state index in [0.717, 1.165) is 24.3 Å². The number of methoxy groups -OCH3 is 2. The van der Waals surface area contributed by atoms with Gasteiger partial charge >= 0.3 is 0 Å². The smallest absolute Gasteiger partial charge is 0.160 e. The van der Waals surface area contributed by atoms with Crippen molar-refractivity contribution in [2.75, 3.05) is 21.3 Å². The van der Waals surface area contributed by atoms with Crippen molar-refractivity contribution >= 4 is 0 Å². The first kappa shape index (κ1) is 14.8. The van der Waals surface area contributed by atoms with Crippen LogP contribution in [-0.2, 0) is 6.42 Å². The molecule has 102 valence electrons. The number of aryl methyl sites for hydroxylation is 1. The molecule has 1 aromatic rings. The lowest BCUT2D eigenvalue weighted by Crippen LogP contribution is -2.30. The molecule has 1 unspecified atom stereocenters. The monoisotopic (exact) mass is 251 g/mol. The SMILES string of the molecule is CNC(CCc1ccc(OC)c(OC)c1)C(C)C. The van der Waals surface area contributed by atoms with Gasteiger partial charge in [-0.1, -0.05) is 19.9 Å². The summed E-state index contributed by atoms with van der Waals surface area (Å²) in [6.45, 7) is 4.49. The van der Waals surface area contributed by atoms with E-state index in [9.17, 15) is 0 Å². The van der Waals surface area contributed by atoms with Crippen molar-refractivity contribution in [1.82, 2.24) is 5.32 Å². The molecular weight excluding hydrogens is 226 g/mol. The van der Waals surface area contributed by atoms with E-state index in [-0.39, 0.29) is 0 Å². The summed E-state index contributed by atoms with van der Waals surface area (Å²) in [7, 11) is 5.36. The zero-order valence-corrected chi connectivity index (χ0v) is 12.1. The topological polar surface area (TPSA) is 30.5 Å². The summed E-state index contributed by atoms with van der Waals surface area (Å²) in [6.07, 6.45) is 2.17. The Morgan fingerprint density at radius 2 is 1.78 bits per heavy atom. The fraction of sp³-hybridized carbons (Fsp3) is 0.600. The molecule has 1 rings (SSSR count). The average molecular weight is 251 g/mol. The van der Waals surface area contributed by atoms with Crippen LogP contribution in [0.4, 0.5) is 0 Å². The molecule has 0 bridgehead atoms. The Hall–Kier alpha value is -1.22. The Morgan fingerprint density at radius 1 is 1.11 bits per heavy atom. The number of hydrogen-bond acceptors (Lipinski definition) is 3. The number of nitrogens with one attached hydrogen (secondary N) is 1. The lowest BCUT2D eigenvalue weighted by molar-refractivity contribution is 0.354. The van der Waals surface area contributed by atoms with Crippen LogP contribution in [0.2, 0.25) is 0 Å². The van der Waals surface area contributed by atoms with E-state index in [1.54, 1.807) is 14.2 Å². The molecule has 0 aliphatic heterocycles. The van der Waals surface area contributed by atoms with Gasteiger partial charge in [0.05, 0.1) is 14.2 Å². The molecule has 3 heteroatoms. The van der Waals surface area contributed by atoms with Gasteiger partial charge in [-0.05, 0) is 43.5 Å². The lowest BCUT2D eigenvalue weighted by atomic mass is 9.97. The summed E-state index contributed by atoms with van der Waals surface area (Å²) >= 11 is 0. The Labute approximate surface area is 110 Å². The summed E-state index contributed by atoms with van der Waals surface area (Å²) < 4.78 is 10.6. The highest BCUT2D eigenvalue weighted by atomic mass is 16.5. The molecule has 3 nitrogen and oxygen atoms in total. The van der Waals surface area contributed by atoms with Gasteiger partial charge in [0.2, 0.25) is 0 Å². The summed E-state index contributed by atoms with van der Waals surface area (Å²) in [5.41, 5.74) is 1.29. The number of ether oxygens (including phenoxy) is 2. The van der Waals surface area contributed by atoms with E-state index in [2.05, 4.69) is 31.3 Å². The van der Waals surface area contributed by atoms with E-state index in [4.69, 9.17) is 9.47 Å². The van der Waals surface area contributed by atoms with Crippen LogP contribution in [0, 0.1) is 5.92 Å². The van der Waals surface area contributed by atoms with Gasteiger partial charge in [-0.2, -0.15) is 0 Å². The van der Waals surface area contributed by atoms with Crippen LogP contribution in [0.25, 0.3) is 0 Å². The minimum atomic E-state index is 0.554. The van der Waals surface area contributed by atoms with E-state index in [1.807, 2.05) is 13.1 Å². The summed E-state index contributed by atoms with van der Waals surface area (Å²) in [5, 5.41) is 3.37. The molecule has 0 aliphatic carbocycles. The third-order valence-corrected chi connectivity index (χ3v) is 3.37. The molecule has 1 atom stereocenters. The normalized spacial score (nSPS) is 12.6. The van der Waals surface area contributed by atoms with E-state index in [1.165, 1.54) is 5.56 Å². The van der Waals surface area contributed by atoms with Crippen LogP contribution in [0.1, 0.15) is 25.8 Å². The van der Waals surface area contributed by atoms with Gasteiger partial charge in [-0.25, -0.2) is 0 Å². The van der Waals surface area contributed by atoms with Gasteiger partial charge in [-0.15, -0.1) is 0 Å². The van der Waals surface area contributed by atoms with Crippen molar-refractivity contribution in [3.63, 3.8) is 0 Å². The van der Waals surface area contributed by atoms with Crippen molar-refractivity contribution < 1.29 is 9.47 Å². The van der Waals surface area contributed by atoms with Gasteiger partial charge in [0.1, 0.15) is 0 Å². The average Bonchev–Trinajstić information content (AvgIpc) is 2.38. The van der Waals surface area contributed by atoms with Crippen molar-refractivity contribution in [3.8, 4) is 11.5 Å². The molecule has 0 fully saturated rings. The molecular formula is C15H25NO2. The van der Waals surface area contributed by atoms with E-state index in [0.29, 0.717) is 12.0 Å². The second-order valence-electron chi connectivity index (χ2n) is 4.87. The molecule has 0 spiro atoms. The fourth-order valence-corrected chi connectivity index (χ4v) is 2.17. The standard InChI is InChI=1S/C15H25NO2/c1-11(2)13(16-3)8-6-12-7-9-14(17-4)15(10-12)18-5/h7,9-11,13,16H,6,8H2,1-5H3. The van der Waals surface area contributed by atoms with Gasteiger partial charge in [-0.3, -0.25) is 0 Å². The predicted octanol–water partition coefficient (Wildman–Crippen LogP) is 2.88. The Kier molecular flexibility index (Phi) is 5.99. The Morgan fingerprint density at radius 3 is 2.28 bits per heavy atom. The van der Waals surface area contributed by atoms with Crippen LogP contribution in [0.5, 0.6) is 11.5 Å². The first-order valence-electron chi connectivity index (χ1n) is 6.50. The molecule has 0 amide bonds. The molecule has 0 saturated carbocycles. The van der Waals surface area contributed by atoms with Crippen LogP contribution >= 0.6 is 0 Å². The second kappa shape index (κ2) is 7.27. The summed E-state index contributed by atoms with van der Waals surface area (Å²) in [4.78, 5) is 0. The lowest BCUT2D eigenvalue weighted by Gasteiger charge is -2.20. The van der Waals surface area contributed by atoms with Crippen LogP contribution in [0.15, 0.2) is 18.2 Å². The molecule has 0 aliphatic rings. The first-order chi connectivity index (χ1) is 8.62. The zero-order valence-electron chi connectivity index (χ0n) is 12.1. The van der Waals surface area contributed by atoms with Crippen molar-refractivity contribution in [2.24, 2.45) is 5.92 Å². The quantitative estimate of drug-likeness (QED) is 0.808. The minimum Gasteiger partial charge on any atom is -0.493 e. The molecule has 1 N–H and O–H groups in total. The molecule has 0 aromatic heterocycles. The van der Waals surface area contributed by atoms with E-state index >= 15 is 0 Å². The molecule has 18 heavy (non-hydrogen) atoms. The molecule has 0 saturated heterocycles. The highest BCUT2D eigenvalue weighted by Gasteiger charge is 2.11.